The van der Waals surface area contributed by atoms with Gasteiger partial charge in [0.15, 0.2) is 0 Å². The van der Waals surface area contributed by atoms with Gasteiger partial charge in [0.2, 0.25) is 0 Å². The highest BCUT2D eigenvalue weighted by molar-refractivity contribution is 5.71. The van der Waals surface area contributed by atoms with Crippen molar-refractivity contribution in [2.75, 3.05) is 7.11 Å². The Kier molecular flexibility index (Phi) is 5.12. The molecule has 0 aliphatic rings. The summed E-state index contributed by atoms with van der Waals surface area (Å²) in [4.78, 5) is 10.9. The molecule has 1 aromatic carbocycles. The predicted molar refractivity (Wildman–Crippen MR) is 63.5 cm³/mol. The molecule has 0 aliphatic heterocycles. The maximum absolute atomic E-state index is 10.9. The van der Waals surface area contributed by atoms with Gasteiger partial charge in [-0.05, 0) is 17.5 Å². The van der Waals surface area contributed by atoms with Crippen LogP contribution in [0.15, 0.2) is 24.3 Å². The summed E-state index contributed by atoms with van der Waals surface area (Å²) in [6.07, 6.45) is -0.565. The van der Waals surface area contributed by atoms with Gasteiger partial charge in [-0.25, -0.2) is 0 Å². The Hall–Kier alpha value is -1.39. The van der Waals surface area contributed by atoms with Crippen LogP contribution in [0.4, 0.5) is 0 Å². The number of carboxylic acids is 1. The largest absolute Gasteiger partial charge is 0.481 e. The third-order valence-corrected chi connectivity index (χ3v) is 2.77. The maximum atomic E-state index is 10.9. The molecule has 2 N–H and O–H groups in total. The fourth-order valence-corrected chi connectivity index (χ4v) is 1.74. The van der Waals surface area contributed by atoms with Crippen molar-refractivity contribution in [1.29, 1.82) is 0 Å². The Bertz CT molecular complexity index is 358. The average molecular weight is 238 g/mol. The lowest BCUT2D eigenvalue weighted by molar-refractivity contribution is -0.146. The van der Waals surface area contributed by atoms with Crippen molar-refractivity contribution in [3.63, 3.8) is 0 Å². The van der Waals surface area contributed by atoms with Crippen LogP contribution in [0.1, 0.15) is 30.6 Å². The standard InChI is InChI=1S/C13H18O4/c1-3-11(13(15)16)12(14)10-6-4-9(5-7-10)8-17-2/h4-7,11-12,14H,3,8H2,1-2H3,(H,15,16). The molecule has 1 aromatic rings. The van der Waals surface area contributed by atoms with Crippen molar-refractivity contribution in [3.8, 4) is 0 Å². The fraction of sp³-hybridized carbons (Fsp3) is 0.462. The van der Waals surface area contributed by atoms with E-state index in [-0.39, 0.29) is 0 Å². The number of hydrogen-bond acceptors (Lipinski definition) is 3. The van der Waals surface area contributed by atoms with Crippen molar-refractivity contribution in [1.82, 2.24) is 0 Å². The minimum Gasteiger partial charge on any atom is -0.481 e. The Morgan fingerprint density at radius 1 is 1.35 bits per heavy atom. The van der Waals surface area contributed by atoms with Crippen LogP contribution in [-0.2, 0) is 16.1 Å². The molecule has 17 heavy (non-hydrogen) atoms. The van der Waals surface area contributed by atoms with Crippen molar-refractivity contribution in [3.05, 3.63) is 35.4 Å². The third kappa shape index (κ3) is 3.54. The number of methoxy groups -OCH3 is 1. The molecule has 0 radical (unpaired) electrons. The van der Waals surface area contributed by atoms with E-state index in [0.717, 1.165) is 5.56 Å². The van der Waals surface area contributed by atoms with Crippen molar-refractivity contribution < 1.29 is 19.7 Å². The molecule has 0 saturated heterocycles. The predicted octanol–water partition coefficient (Wildman–Crippen LogP) is 1.98. The van der Waals surface area contributed by atoms with Crippen LogP contribution in [0.2, 0.25) is 0 Å². The van der Waals surface area contributed by atoms with Gasteiger partial charge in [0.25, 0.3) is 0 Å². The van der Waals surface area contributed by atoms with Gasteiger partial charge in [-0.3, -0.25) is 4.79 Å². The van der Waals surface area contributed by atoms with Gasteiger partial charge < -0.3 is 14.9 Å². The first kappa shape index (κ1) is 13.7. The van der Waals surface area contributed by atoms with E-state index in [2.05, 4.69) is 0 Å². The summed E-state index contributed by atoms with van der Waals surface area (Å²) in [5, 5.41) is 18.9. The number of hydrogen-bond donors (Lipinski definition) is 2. The number of aliphatic carboxylic acids is 1. The second-order valence-electron chi connectivity index (χ2n) is 3.97. The zero-order valence-electron chi connectivity index (χ0n) is 10.1. The highest BCUT2D eigenvalue weighted by Crippen LogP contribution is 2.25. The van der Waals surface area contributed by atoms with E-state index in [1.54, 1.807) is 26.2 Å². The van der Waals surface area contributed by atoms with Gasteiger partial charge in [0, 0.05) is 7.11 Å². The van der Waals surface area contributed by atoms with Gasteiger partial charge in [-0.2, -0.15) is 0 Å². The Morgan fingerprint density at radius 2 is 1.94 bits per heavy atom. The lowest BCUT2D eigenvalue weighted by Gasteiger charge is -2.18. The number of carbonyl (C=O) groups is 1. The van der Waals surface area contributed by atoms with Crippen LogP contribution in [0.3, 0.4) is 0 Å². The van der Waals surface area contributed by atoms with Crippen LogP contribution in [-0.4, -0.2) is 23.3 Å². The van der Waals surface area contributed by atoms with Crippen LogP contribution in [0.5, 0.6) is 0 Å². The van der Waals surface area contributed by atoms with E-state index >= 15 is 0 Å². The first-order valence-electron chi connectivity index (χ1n) is 5.58. The second-order valence-corrected chi connectivity index (χ2v) is 3.97. The van der Waals surface area contributed by atoms with E-state index in [1.807, 2.05) is 12.1 Å². The molecule has 4 nitrogen and oxygen atoms in total. The van der Waals surface area contributed by atoms with Crippen LogP contribution in [0, 0.1) is 5.92 Å². The van der Waals surface area contributed by atoms with E-state index in [9.17, 15) is 9.90 Å². The molecule has 1 rings (SSSR count). The summed E-state index contributed by atoms with van der Waals surface area (Å²) in [5.74, 6) is -1.73. The van der Waals surface area contributed by atoms with E-state index in [1.165, 1.54) is 0 Å². The van der Waals surface area contributed by atoms with E-state index < -0.39 is 18.0 Å². The molecule has 0 fully saturated rings. The first-order chi connectivity index (χ1) is 8.10. The molecule has 0 spiro atoms. The topological polar surface area (TPSA) is 66.8 Å². The molecule has 2 atom stereocenters. The Morgan fingerprint density at radius 3 is 2.35 bits per heavy atom. The zero-order valence-corrected chi connectivity index (χ0v) is 10.1. The molecule has 0 aliphatic carbocycles. The minimum atomic E-state index is -0.971. The van der Waals surface area contributed by atoms with Gasteiger partial charge >= 0.3 is 5.97 Å². The minimum absolute atomic E-state index is 0.399. The summed E-state index contributed by atoms with van der Waals surface area (Å²) < 4.78 is 4.98. The van der Waals surface area contributed by atoms with Gasteiger partial charge in [0.1, 0.15) is 0 Å². The number of rotatable bonds is 6. The highest BCUT2D eigenvalue weighted by atomic mass is 16.5. The van der Waals surface area contributed by atoms with Crippen molar-refractivity contribution >= 4 is 5.97 Å². The number of aliphatic hydroxyl groups is 1. The smallest absolute Gasteiger partial charge is 0.309 e. The summed E-state index contributed by atoms with van der Waals surface area (Å²) in [6, 6.07) is 7.14. The zero-order chi connectivity index (χ0) is 12.8. The van der Waals surface area contributed by atoms with E-state index in [4.69, 9.17) is 9.84 Å². The normalized spacial score (nSPS) is 14.3. The first-order valence-corrected chi connectivity index (χ1v) is 5.58. The maximum Gasteiger partial charge on any atom is 0.309 e. The molecule has 0 saturated carbocycles. The van der Waals surface area contributed by atoms with Crippen LogP contribution >= 0.6 is 0 Å². The molecular formula is C13H18O4. The molecule has 0 aromatic heterocycles. The van der Waals surface area contributed by atoms with Crippen molar-refractivity contribution in [2.24, 2.45) is 5.92 Å². The molecule has 2 unspecified atom stereocenters. The van der Waals surface area contributed by atoms with Gasteiger partial charge in [-0.15, -0.1) is 0 Å². The molecule has 94 valence electrons. The van der Waals surface area contributed by atoms with Gasteiger partial charge in [-0.1, -0.05) is 31.2 Å². The lowest BCUT2D eigenvalue weighted by Crippen LogP contribution is -2.21. The number of aliphatic hydroxyl groups excluding tert-OH is 1. The number of ether oxygens (including phenoxy) is 1. The lowest BCUT2D eigenvalue weighted by atomic mass is 9.93. The monoisotopic (exact) mass is 238 g/mol. The fourth-order valence-electron chi connectivity index (χ4n) is 1.74. The average Bonchev–Trinajstić information content (AvgIpc) is 2.30. The summed E-state index contributed by atoms with van der Waals surface area (Å²) >= 11 is 0. The van der Waals surface area contributed by atoms with Crippen LogP contribution < -0.4 is 0 Å². The summed E-state index contributed by atoms with van der Waals surface area (Å²) in [6.45, 7) is 2.26. The molecule has 4 heteroatoms. The summed E-state index contributed by atoms with van der Waals surface area (Å²) in [5.41, 5.74) is 1.62. The second kappa shape index (κ2) is 6.37. The third-order valence-electron chi connectivity index (χ3n) is 2.77. The Balaban J connectivity index is 2.81. The molecule has 0 amide bonds. The number of carboxylic acid groups (broad SMARTS) is 1. The molecule has 0 bridgehead atoms. The molecular weight excluding hydrogens is 220 g/mol. The Labute approximate surface area is 101 Å². The SMILES string of the molecule is CCC(C(=O)O)C(O)c1ccc(COC)cc1. The van der Waals surface area contributed by atoms with Gasteiger partial charge in [0.05, 0.1) is 18.6 Å². The quantitative estimate of drug-likeness (QED) is 0.795. The van der Waals surface area contributed by atoms with Crippen LogP contribution in [0.25, 0.3) is 0 Å². The number of benzene rings is 1. The van der Waals surface area contributed by atoms with Crippen molar-refractivity contribution in [2.45, 2.75) is 26.1 Å². The highest BCUT2D eigenvalue weighted by Gasteiger charge is 2.25. The summed E-state index contributed by atoms with van der Waals surface area (Å²) in [7, 11) is 1.61. The van der Waals surface area contributed by atoms with E-state index in [0.29, 0.717) is 18.6 Å². The molecule has 0 heterocycles.